The molecule has 0 radical (unpaired) electrons. The van der Waals surface area contributed by atoms with Crippen LogP contribution in [0.2, 0.25) is 0 Å². The molecule has 118 valence electrons. The maximum Gasteiger partial charge on any atom is 0.233 e. The molecule has 0 aliphatic carbocycles. The summed E-state index contributed by atoms with van der Waals surface area (Å²) >= 11 is 0. The number of anilines is 1. The van der Waals surface area contributed by atoms with Gasteiger partial charge in [-0.15, -0.1) is 0 Å². The van der Waals surface area contributed by atoms with Crippen molar-refractivity contribution in [3.8, 4) is 0 Å². The lowest BCUT2D eigenvalue weighted by molar-refractivity contribution is 0.594. The van der Waals surface area contributed by atoms with E-state index < -0.39 is 10.0 Å². The number of pyridine rings is 1. The molecule has 0 N–H and O–H groups in total. The Bertz CT molecular complexity index is 700. The molecular weight excluding hydrogens is 296 g/mol. The van der Waals surface area contributed by atoms with E-state index in [4.69, 9.17) is 0 Å². The summed E-state index contributed by atoms with van der Waals surface area (Å²) in [6.07, 6.45) is 5.37. The standard InChI is InChI=1S/C17H22N2O2S/c1-3-15-11-12-18-17(14-15)19(22(2,20)21)13-7-10-16-8-5-4-6-9-16/h4-6,8-9,11-12,14H,3,7,10,13H2,1-2H3. The summed E-state index contributed by atoms with van der Waals surface area (Å²) in [4.78, 5) is 4.23. The van der Waals surface area contributed by atoms with Gasteiger partial charge in [0.1, 0.15) is 5.82 Å². The molecule has 1 aromatic heterocycles. The number of benzene rings is 1. The number of aromatic nitrogens is 1. The number of rotatable bonds is 7. The first-order valence-corrected chi connectivity index (χ1v) is 9.32. The van der Waals surface area contributed by atoms with Gasteiger partial charge in [0.15, 0.2) is 0 Å². The fraction of sp³-hybridized carbons (Fsp3) is 0.353. The van der Waals surface area contributed by atoms with Gasteiger partial charge in [0.05, 0.1) is 6.26 Å². The van der Waals surface area contributed by atoms with Crippen LogP contribution < -0.4 is 4.31 Å². The number of aryl methyl sites for hydroxylation is 2. The van der Waals surface area contributed by atoms with Gasteiger partial charge >= 0.3 is 0 Å². The molecule has 0 bridgehead atoms. The van der Waals surface area contributed by atoms with Crippen molar-refractivity contribution in [1.82, 2.24) is 4.98 Å². The van der Waals surface area contributed by atoms with Gasteiger partial charge in [0.2, 0.25) is 10.0 Å². The Hall–Kier alpha value is -1.88. The Labute approximate surface area is 132 Å². The van der Waals surface area contributed by atoms with E-state index in [9.17, 15) is 8.42 Å². The first kappa shape index (κ1) is 16.5. The molecule has 1 heterocycles. The second-order valence-corrected chi connectivity index (χ2v) is 7.21. The zero-order valence-corrected chi connectivity index (χ0v) is 13.9. The molecule has 4 nitrogen and oxygen atoms in total. The molecule has 0 aliphatic rings. The van der Waals surface area contributed by atoms with E-state index in [-0.39, 0.29) is 0 Å². The number of sulfonamides is 1. The minimum atomic E-state index is -3.33. The number of hydrogen-bond acceptors (Lipinski definition) is 3. The van der Waals surface area contributed by atoms with Crippen LogP contribution in [0.4, 0.5) is 5.82 Å². The van der Waals surface area contributed by atoms with Gasteiger partial charge in [0.25, 0.3) is 0 Å². The maximum atomic E-state index is 12.1. The van der Waals surface area contributed by atoms with Crippen LogP contribution >= 0.6 is 0 Å². The van der Waals surface area contributed by atoms with Crippen LogP contribution in [0.3, 0.4) is 0 Å². The Morgan fingerprint density at radius 1 is 1.09 bits per heavy atom. The Morgan fingerprint density at radius 3 is 2.45 bits per heavy atom. The highest BCUT2D eigenvalue weighted by Crippen LogP contribution is 2.17. The third-order valence-corrected chi connectivity index (χ3v) is 4.71. The van der Waals surface area contributed by atoms with Crippen LogP contribution in [0, 0.1) is 0 Å². The largest absolute Gasteiger partial charge is 0.254 e. The van der Waals surface area contributed by atoms with Gasteiger partial charge in [-0.05, 0) is 42.5 Å². The average Bonchev–Trinajstić information content (AvgIpc) is 2.51. The topological polar surface area (TPSA) is 50.3 Å². The molecule has 1 aromatic carbocycles. The van der Waals surface area contributed by atoms with Crippen molar-refractivity contribution in [2.24, 2.45) is 0 Å². The summed E-state index contributed by atoms with van der Waals surface area (Å²) in [5, 5.41) is 0. The molecule has 2 aromatic rings. The fourth-order valence-corrected chi connectivity index (χ4v) is 3.24. The first-order valence-electron chi connectivity index (χ1n) is 7.47. The van der Waals surface area contributed by atoms with E-state index in [0.29, 0.717) is 12.4 Å². The van der Waals surface area contributed by atoms with Crippen molar-refractivity contribution in [1.29, 1.82) is 0 Å². The summed E-state index contributed by atoms with van der Waals surface area (Å²) in [6.45, 7) is 2.48. The van der Waals surface area contributed by atoms with Gasteiger partial charge in [-0.1, -0.05) is 37.3 Å². The highest BCUT2D eigenvalue weighted by atomic mass is 32.2. The zero-order valence-electron chi connectivity index (χ0n) is 13.1. The molecule has 0 saturated heterocycles. The Balaban J connectivity index is 2.10. The lowest BCUT2D eigenvalue weighted by Crippen LogP contribution is -2.32. The SMILES string of the molecule is CCc1ccnc(N(CCCc2ccccc2)S(C)(=O)=O)c1. The minimum Gasteiger partial charge on any atom is -0.254 e. The smallest absolute Gasteiger partial charge is 0.233 e. The monoisotopic (exact) mass is 318 g/mol. The van der Waals surface area contributed by atoms with Crippen molar-refractivity contribution in [3.63, 3.8) is 0 Å². The molecule has 0 fully saturated rings. The highest BCUT2D eigenvalue weighted by Gasteiger charge is 2.18. The second kappa shape index (κ2) is 7.40. The summed E-state index contributed by atoms with van der Waals surface area (Å²) in [6, 6.07) is 13.8. The van der Waals surface area contributed by atoms with E-state index in [1.807, 2.05) is 37.3 Å². The minimum absolute atomic E-state index is 0.438. The molecule has 5 heteroatoms. The normalized spacial score (nSPS) is 11.4. The van der Waals surface area contributed by atoms with Gasteiger partial charge < -0.3 is 0 Å². The van der Waals surface area contributed by atoms with Crippen LogP contribution in [0.25, 0.3) is 0 Å². The molecule has 0 aliphatic heterocycles. The summed E-state index contributed by atoms with van der Waals surface area (Å²) < 4.78 is 25.5. The third-order valence-electron chi connectivity index (χ3n) is 3.54. The Kier molecular flexibility index (Phi) is 5.55. The van der Waals surface area contributed by atoms with E-state index in [1.165, 1.54) is 16.1 Å². The number of hydrogen-bond donors (Lipinski definition) is 0. The summed E-state index contributed by atoms with van der Waals surface area (Å²) in [7, 11) is -3.33. The lowest BCUT2D eigenvalue weighted by Gasteiger charge is -2.21. The van der Waals surface area contributed by atoms with E-state index in [2.05, 4.69) is 17.1 Å². The van der Waals surface area contributed by atoms with Crippen molar-refractivity contribution in [2.75, 3.05) is 17.1 Å². The molecule has 0 atom stereocenters. The summed E-state index contributed by atoms with van der Waals surface area (Å²) in [5.41, 5.74) is 2.30. The molecular formula is C17H22N2O2S. The fourth-order valence-electron chi connectivity index (χ4n) is 2.34. The third kappa shape index (κ3) is 4.56. The van der Waals surface area contributed by atoms with Crippen LogP contribution in [0.15, 0.2) is 48.7 Å². The zero-order chi connectivity index (χ0) is 16.0. The molecule has 0 amide bonds. The summed E-state index contributed by atoms with van der Waals surface area (Å²) in [5.74, 6) is 0.509. The van der Waals surface area contributed by atoms with Gasteiger partial charge in [0, 0.05) is 12.7 Å². The van der Waals surface area contributed by atoms with E-state index >= 15 is 0 Å². The molecule has 22 heavy (non-hydrogen) atoms. The Morgan fingerprint density at radius 2 is 1.82 bits per heavy atom. The molecule has 0 saturated carbocycles. The van der Waals surface area contributed by atoms with Crippen molar-refractivity contribution in [2.45, 2.75) is 26.2 Å². The quantitative estimate of drug-likeness (QED) is 0.788. The number of nitrogens with zero attached hydrogens (tertiary/aromatic N) is 2. The van der Waals surface area contributed by atoms with E-state index in [1.54, 1.807) is 6.20 Å². The van der Waals surface area contributed by atoms with Crippen molar-refractivity contribution in [3.05, 3.63) is 59.8 Å². The second-order valence-electron chi connectivity index (χ2n) is 5.30. The predicted octanol–water partition coefficient (Wildman–Crippen LogP) is 3.04. The molecule has 2 rings (SSSR count). The van der Waals surface area contributed by atoms with Crippen LogP contribution in [-0.4, -0.2) is 26.2 Å². The van der Waals surface area contributed by atoms with Crippen molar-refractivity contribution < 1.29 is 8.42 Å². The van der Waals surface area contributed by atoms with Crippen molar-refractivity contribution >= 4 is 15.8 Å². The van der Waals surface area contributed by atoms with Crippen LogP contribution in [-0.2, 0) is 22.9 Å². The van der Waals surface area contributed by atoms with E-state index in [0.717, 1.165) is 24.8 Å². The van der Waals surface area contributed by atoms with Gasteiger partial charge in [-0.25, -0.2) is 13.4 Å². The van der Waals surface area contributed by atoms with Crippen LogP contribution in [0.5, 0.6) is 0 Å². The molecule has 0 unspecified atom stereocenters. The predicted molar refractivity (Wildman–Crippen MR) is 90.6 cm³/mol. The van der Waals surface area contributed by atoms with Crippen LogP contribution in [0.1, 0.15) is 24.5 Å². The first-order chi connectivity index (χ1) is 10.5. The maximum absolute atomic E-state index is 12.1. The molecule has 0 spiro atoms. The highest BCUT2D eigenvalue weighted by molar-refractivity contribution is 7.92. The van der Waals surface area contributed by atoms with Gasteiger partial charge in [-0.2, -0.15) is 0 Å². The average molecular weight is 318 g/mol. The lowest BCUT2D eigenvalue weighted by atomic mass is 10.1. The van der Waals surface area contributed by atoms with Gasteiger partial charge in [-0.3, -0.25) is 4.31 Å².